The number of methoxy groups -OCH3 is 2. The number of hydrogen-bond acceptors (Lipinski definition) is 3. The number of para-hydroxylation sites is 1. The maximum absolute atomic E-state index is 11.9. The second kappa shape index (κ2) is 5.89. The molecule has 0 bridgehead atoms. The van der Waals surface area contributed by atoms with Gasteiger partial charge in [-0.1, -0.05) is 18.6 Å². The first kappa shape index (κ1) is 12.9. The molecule has 1 atom stereocenters. The third-order valence-electron chi connectivity index (χ3n) is 3.63. The van der Waals surface area contributed by atoms with Crippen LogP contribution in [0.15, 0.2) is 18.2 Å². The largest absolute Gasteiger partial charge is 0.493 e. The van der Waals surface area contributed by atoms with Gasteiger partial charge in [-0.3, -0.25) is 4.79 Å². The van der Waals surface area contributed by atoms with Crippen LogP contribution in [0.4, 0.5) is 0 Å². The number of carbonyl (C=O) groups is 1. The second-order valence-corrected chi connectivity index (χ2v) is 4.77. The van der Waals surface area contributed by atoms with Crippen LogP contribution in [-0.4, -0.2) is 20.0 Å². The van der Waals surface area contributed by atoms with E-state index < -0.39 is 0 Å². The summed E-state index contributed by atoms with van der Waals surface area (Å²) in [6, 6.07) is 5.85. The molecule has 1 aromatic carbocycles. The highest BCUT2D eigenvalue weighted by molar-refractivity contribution is 5.82. The fourth-order valence-corrected chi connectivity index (χ4v) is 2.65. The van der Waals surface area contributed by atoms with Crippen molar-refractivity contribution in [2.75, 3.05) is 14.2 Å². The molecule has 0 spiro atoms. The quantitative estimate of drug-likeness (QED) is 0.821. The van der Waals surface area contributed by atoms with Crippen LogP contribution in [-0.2, 0) is 11.2 Å². The van der Waals surface area contributed by atoms with E-state index in [1.165, 1.54) is 0 Å². The molecule has 0 heterocycles. The SMILES string of the molecule is COc1cccc(CC2CCCCC2=O)c1OC. The van der Waals surface area contributed by atoms with Gasteiger partial charge < -0.3 is 9.47 Å². The van der Waals surface area contributed by atoms with E-state index in [1.54, 1.807) is 14.2 Å². The number of rotatable bonds is 4. The second-order valence-electron chi connectivity index (χ2n) is 4.77. The van der Waals surface area contributed by atoms with Crippen molar-refractivity contribution in [1.82, 2.24) is 0 Å². The molecule has 0 amide bonds. The molecular formula is C15H20O3. The summed E-state index contributed by atoms with van der Waals surface area (Å²) in [4.78, 5) is 11.9. The van der Waals surface area contributed by atoms with Gasteiger partial charge in [-0.05, 0) is 30.9 Å². The Labute approximate surface area is 108 Å². The van der Waals surface area contributed by atoms with Gasteiger partial charge in [0, 0.05) is 12.3 Å². The molecule has 0 aliphatic heterocycles. The van der Waals surface area contributed by atoms with Crippen LogP contribution in [0.25, 0.3) is 0 Å². The summed E-state index contributed by atoms with van der Waals surface area (Å²) in [6.07, 6.45) is 4.70. The molecule has 3 heteroatoms. The van der Waals surface area contributed by atoms with E-state index >= 15 is 0 Å². The minimum Gasteiger partial charge on any atom is -0.493 e. The lowest BCUT2D eigenvalue weighted by Gasteiger charge is -2.21. The zero-order valence-electron chi connectivity index (χ0n) is 11.1. The zero-order valence-corrected chi connectivity index (χ0v) is 11.1. The van der Waals surface area contributed by atoms with E-state index in [-0.39, 0.29) is 5.92 Å². The average Bonchev–Trinajstić information content (AvgIpc) is 2.41. The van der Waals surface area contributed by atoms with Gasteiger partial charge in [0.2, 0.25) is 0 Å². The number of Topliss-reactive ketones (excluding diaryl/α,β-unsaturated/α-hetero) is 1. The normalized spacial score (nSPS) is 19.7. The van der Waals surface area contributed by atoms with Crippen LogP contribution in [0.5, 0.6) is 11.5 Å². The number of hydrogen-bond donors (Lipinski definition) is 0. The summed E-state index contributed by atoms with van der Waals surface area (Å²) in [5.41, 5.74) is 1.07. The predicted octanol–water partition coefficient (Wildman–Crippen LogP) is 3.01. The van der Waals surface area contributed by atoms with Gasteiger partial charge in [-0.2, -0.15) is 0 Å². The van der Waals surface area contributed by atoms with E-state index in [9.17, 15) is 4.79 Å². The van der Waals surface area contributed by atoms with E-state index in [0.717, 1.165) is 49.2 Å². The molecule has 18 heavy (non-hydrogen) atoms. The molecule has 0 radical (unpaired) electrons. The Kier molecular flexibility index (Phi) is 4.24. The van der Waals surface area contributed by atoms with Crippen molar-refractivity contribution in [1.29, 1.82) is 0 Å². The number of carbonyl (C=O) groups excluding carboxylic acids is 1. The van der Waals surface area contributed by atoms with E-state index in [0.29, 0.717) is 5.78 Å². The van der Waals surface area contributed by atoms with Crippen molar-refractivity contribution in [2.45, 2.75) is 32.1 Å². The highest BCUT2D eigenvalue weighted by Gasteiger charge is 2.24. The highest BCUT2D eigenvalue weighted by Crippen LogP contribution is 2.34. The standard InChI is InChI=1S/C15H20O3/c1-17-14-9-5-7-12(15(14)18-2)10-11-6-3-4-8-13(11)16/h5,7,9,11H,3-4,6,8,10H2,1-2H3. The molecule has 3 nitrogen and oxygen atoms in total. The first-order valence-electron chi connectivity index (χ1n) is 6.49. The smallest absolute Gasteiger partial charge is 0.163 e. The first-order chi connectivity index (χ1) is 8.76. The fourth-order valence-electron chi connectivity index (χ4n) is 2.65. The molecule has 0 N–H and O–H groups in total. The van der Waals surface area contributed by atoms with Gasteiger partial charge in [0.15, 0.2) is 11.5 Å². The lowest BCUT2D eigenvalue weighted by atomic mass is 9.83. The van der Waals surface area contributed by atoms with Crippen LogP contribution >= 0.6 is 0 Å². The third-order valence-corrected chi connectivity index (χ3v) is 3.63. The monoisotopic (exact) mass is 248 g/mol. The Morgan fingerprint density at radius 2 is 2.06 bits per heavy atom. The number of benzene rings is 1. The Morgan fingerprint density at radius 1 is 1.22 bits per heavy atom. The fraction of sp³-hybridized carbons (Fsp3) is 0.533. The summed E-state index contributed by atoms with van der Waals surface area (Å²) in [5, 5.41) is 0. The van der Waals surface area contributed by atoms with Crippen molar-refractivity contribution < 1.29 is 14.3 Å². The van der Waals surface area contributed by atoms with Crippen LogP contribution < -0.4 is 9.47 Å². The molecule has 1 saturated carbocycles. The van der Waals surface area contributed by atoms with Crippen molar-refractivity contribution in [3.63, 3.8) is 0 Å². The van der Waals surface area contributed by atoms with Crippen molar-refractivity contribution in [3.05, 3.63) is 23.8 Å². The molecular weight excluding hydrogens is 228 g/mol. The first-order valence-corrected chi connectivity index (χ1v) is 6.49. The average molecular weight is 248 g/mol. The van der Waals surface area contributed by atoms with E-state index in [1.807, 2.05) is 18.2 Å². The summed E-state index contributed by atoms with van der Waals surface area (Å²) >= 11 is 0. The van der Waals surface area contributed by atoms with Crippen LogP contribution in [0.2, 0.25) is 0 Å². The van der Waals surface area contributed by atoms with Crippen molar-refractivity contribution in [2.24, 2.45) is 5.92 Å². The predicted molar refractivity (Wildman–Crippen MR) is 70.2 cm³/mol. The minimum absolute atomic E-state index is 0.153. The topological polar surface area (TPSA) is 35.5 Å². The molecule has 0 aromatic heterocycles. The molecule has 98 valence electrons. The van der Waals surface area contributed by atoms with Gasteiger partial charge in [-0.15, -0.1) is 0 Å². The molecule has 1 aliphatic rings. The molecule has 1 unspecified atom stereocenters. The summed E-state index contributed by atoms with van der Waals surface area (Å²) in [6.45, 7) is 0. The lowest BCUT2D eigenvalue weighted by Crippen LogP contribution is -2.21. The summed E-state index contributed by atoms with van der Waals surface area (Å²) in [5.74, 6) is 2.04. The molecule has 2 rings (SSSR count). The van der Waals surface area contributed by atoms with E-state index in [4.69, 9.17) is 9.47 Å². The maximum atomic E-state index is 11.9. The highest BCUT2D eigenvalue weighted by atomic mass is 16.5. The van der Waals surface area contributed by atoms with Gasteiger partial charge in [0.05, 0.1) is 14.2 Å². The van der Waals surface area contributed by atoms with E-state index in [2.05, 4.69) is 0 Å². The van der Waals surface area contributed by atoms with Gasteiger partial charge >= 0.3 is 0 Å². The molecule has 1 aliphatic carbocycles. The Morgan fingerprint density at radius 3 is 2.72 bits per heavy atom. The summed E-state index contributed by atoms with van der Waals surface area (Å²) < 4.78 is 10.7. The van der Waals surface area contributed by atoms with Crippen LogP contribution in [0, 0.1) is 5.92 Å². The Balaban J connectivity index is 2.20. The third kappa shape index (κ3) is 2.66. The van der Waals surface area contributed by atoms with Crippen LogP contribution in [0.1, 0.15) is 31.2 Å². The van der Waals surface area contributed by atoms with Gasteiger partial charge in [0.1, 0.15) is 5.78 Å². The van der Waals surface area contributed by atoms with Crippen LogP contribution in [0.3, 0.4) is 0 Å². The lowest BCUT2D eigenvalue weighted by molar-refractivity contribution is -0.124. The van der Waals surface area contributed by atoms with Crippen molar-refractivity contribution in [3.8, 4) is 11.5 Å². The Hall–Kier alpha value is -1.51. The Bertz CT molecular complexity index is 426. The van der Waals surface area contributed by atoms with Gasteiger partial charge in [-0.25, -0.2) is 0 Å². The summed E-state index contributed by atoms with van der Waals surface area (Å²) in [7, 11) is 3.28. The molecule has 1 fully saturated rings. The van der Waals surface area contributed by atoms with Crippen molar-refractivity contribution >= 4 is 5.78 Å². The number of ketones is 1. The van der Waals surface area contributed by atoms with Gasteiger partial charge in [0.25, 0.3) is 0 Å². The maximum Gasteiger partial charge on any atom is 0.163 e. The molecule has 1 aromatic rings. The zero-order chi connectivity index (χ0) is 13.0. The molecule has 0 saturated heterocycles. The number of ether oxygens (including phenoxy) is 2. The minimum atomic E-state index is 0.153.